The van der Waals surface area contributed by atoms with Gasteiger partial charge in [-0.25, -0.2) is 14.8 Å². The fourth-order valence-corrected chi connectivity index (χ4v) is 3.54. The monoisotopic (exact) mass is 351 g/mol. The number of rotatable bonds is 5. The molecule has 3 heterocycles. The molecule has 10 heteroatoms. The van der Waals surface area contributed by atoms with Crippen molar-refractivity contribution in [1.82, 2.24) is 25.5 Å². The Labute approximate surface area is 141 Å². The van der Waals surface area contributed by atoms with Gasteiger partial charge in [0.25, 0.3) is 5.91 Å². The summed E-state index contributed by atoms with van der Waals surface area (Å²) in [5, 5.41) is 14.1. The first kappa shape index (κ1) is 16.4. The average Bonchev–Trinajstić information content (AvgIpc) is 3.19. The first-order chi connectivity index (χ1) is 11.5. The second-order valence-corrected chi connectivity index (χ2v) is 6.58. The zero-order valence-electron chi connectivity index (χ0n) is 13.0. The molecule has 1 aliphatic rings. The van der Waals surface area contributed by atoms with Gasteiger partial charge in [0.1, 0.15) is 11.8 Å². The van der Waals surface area contributed by atoms with Gasteiger partial charge in [0.15, 0.2) is 11.4 Å². The molecule has 0 bridgehead atoms. The minimum atomic E-state index is -1.18. The van der Waals surface area contributed by atoms with Crippen molar-refractivity contribution in [2.24, 2.45) is 0 Å². The number of hydrogen-bond donors (Lipinski definition) is 3. The summed E-state index contributed by atoms with van der Waals surface area (Å²) in [4.78, 5) is 34.7. The SMILES string of the molecule is CN1CCc2nc(C(=O)N[C@@H](CNC(=O)O)c3cnco3)sc2C1. The van der Waals surface area contributed by atoms with Crippen molar-refractivity contribution in [2.45, 2.75) is 19.0 Å². The molecule has 0 fully saturated rings. The molecular formula is C14H17N5O4S. The highest BCUT2D eigenvalue weighted by Crippen LogP contribution is 2.25. The standard InChI is InChI=1S/C14H17N5O4S/c1-19-3-2-8-11(6-19)24-13(18-8)12(20)17-9(4-16-14(21)22)10-5-15-7-23-10/h5,7,9,16H,2-4,6H2,1H3,(H,17,20)(H,21,22)/t9-/m0/s1. The van der Waals surface area contributed by atoms with E-state index in [-0.39, 0.29) is 12.5 Å². The largest absolute Gasteiger partial charge is 0.465 e. The topological polar surface area (TPSA) is 121 Å². The highest BCUT2D eigenvalue weighted by atomic mass is 32.1. The lowest BCUT2D eigenvalue weighted by Crippen LogP contribution is -2.37. The summed E-state index contributed by atoms with van der Waals surface area (Å²) in [6, 6.07) is -0.653. The van der Waals surface area contributed by atoms with E-state index < -0.39 is 12.1 Å². The Bertz CT molecular complexity index is 730. The number of likely N-dealkylation sites (N-methyl/N-ethyl adjacent to an activating group) is 1. The van der Waals surface area contributed by atoms with Crippen LogP contribution in [0, 0.1) is 0 Å². The molecule has 2 aromatic rings. The molecule has 3 N–H and O–H groups in total. The number of nitrogens with one attached hydrogen (secondary N) is 2. The van der Waals surface area contributed by atoms with Crippen LogP contribution < -0.4 is 10.6 Å². The lowest BCUT2D eigenvalue weighted by molar-refractivity contribution is 0.0929. The van der Waals surface area contributed by atoms with E-state index in [9.17, 15) is 9.59 Å². The number of aromatic nitrogens is 2. The number of carbonyl (C=O) groups is 2. The first-order valence-electron chi connectivity index (χ1n) is 7.36. The van der Waals surface area contributed by atoms with Crippen molar-refractivity contribution in [3.63, 3.8) is 0 Å². The highest BCUT2D eigenvalue weighted by molar-refractivity contribution is 7.13. The van der Waals surface area contributed by atoms with Crippen LogP contribution >= 0.6 is 11.3 Å². The van der Waals surface area contributed by atoms with Crippen LogP contribution in [0.25, 0.3) is 0 Å². The predicted molar refractivity (Wildman–Crippen MR) is 84.9 cm³/mol. The Hall–Kier alpha value is -2.46. The molecule has 24 heavy (non-hydrogen) atoms. The molecule has 0 radical (unpaired) electrons. The van der Waals surface area contributed by atoms with Crippen LogP contribution in [-0.2, 0) is 13.0 Å². The van der Waals surface area contributed by atoms with Crippen molar-refractivity contribution < 1.29 is 19.1 Å². The number of oxazole rings is 1. The van der Waals surface area contributed by atoms with E-state index in [1.165, 1.54) is 23.9 Å². The van der Waals surface area contributed by atoms with Gasteiger partial charge in [-0.3, -0.25) is 4.79 Å². The number of nitrogens with zero attached hydrogens (tertiary/aromatic N) is 3. The van der Waals surface area contributed by atoms with Gasteiger partial charge in [-0.1, -0.05) is 0 Å². The van der Waals surface area contributed by atoms with Crippen molar-refractivity contribution in [2.75, 3.05) is 20.1 Å². The molecule has 2 aromatic heterocycles. The number of amides is 2. The summed E-state index contributed by atoms with van der Waals surface area (Å²) < 4.78 is 5.18. The van der Waals surface area contributed by atoms with Crippen LogP contribution in [0.2, 0.25) is 0 Å². The van der Waals surface area contributed by atoms with Gasteiger partial charge in [0.2, 0.25) is 0 Å². The Morgan fingerprint density at radius 2 is 2.38 bits per heavy atom. The number of carboxylic acid groups (broad SMARTS) is 1. The summed E-state index contributed by atoms with van der Waals surface area (Å²) in [5.74, 6) is 0.0174. The molecule has 2 amide bonds. The molecule has 0 unspecified atom stereocenters. The molecule has 0 saturated carbocycles. The summed E-state index contributed by atoms with van der Waals surface area (Å²) in [6.07, 6.45) is 2.31. The second-order valence-electron chi connectivity index (χ2n) is 5.49. The smallest absolute Gasteiger partial charge is 0.404 e. The van der Waals surface area contributed by atoms with Gasteiger partial charge in [0, 0.05) is 30.9 Å². The van der Waals surface area contributed by atoms with Gasteiger partial charge in [-0.15, -0.1) is 11.3 Å². The summed E-state index contributed by atoms with van der Waals surface area (Å²) >= 11 is 1.36. The Kier molecular flexibility index (Phi) is 4.76. The third-order valence-electron chi connectivity index (χ3n) is 3.67. The summed E-state index contributed by atoms with van der Waals surface area (Å²) in [6.45, 7) is 1.68. The van der Waals surface area contributed by atoms with E-state index in [0.29, 0.717) is 10.8 Å². The molecule has 3 rings (SSSR count). The maximum atomic E-state index is 12.5. The van der Waals surface area contributed by atoms with E-state index in [4.69, 9.17) is 9.52 Å². The molecular weight excluding hydrogens is 334 g/mol. The van der Waals surface area contributed by atoms with Crippen LogP contribution in [0.1, 0.15) is 32.2 Å². The number of fused-ring (bicyclic) bond motifs is 1. The van der Waals surface area contributed by atoms with E-state index in [1.54, 1.807) is 0 Å². The molecule has 9 nitrogen and oxygen atoms in total. The Morgan fingerprint density at radius 1 is 1.54 bits per heavy atom. The normalized spacial score (nSPS) is 15.5. The molecule has 128 valence electrons. The van der Waals surface area contributed by atoms with Gasteiger partial charge in [0.05, 0.1) is 11.9 Å². The number of carbonyl (C=O) groups excluding carboxylic acids is 1. The zero-order chi connectivity index (χ0) is 17.1. The first-order valence-corrected chi connectivity index (χ1v) is 8.17. The Balaban J connectivity index is 1.72. The van der Waals surface area contributed by atoms with E-state index >= 15 is 0 Å². The lowest BCUT2D eigenvalue weighted by Gasteiger charge is -2.20. The maximum Gasteiger partial charge on any atom is 0.404 e. The third-order valence-corrected chi connectivity index (χ3v) is 4.76. The zero-order valence-corrected chi connectivity index (χ0v) is 13.8. The quantitative estimate of drug-likeness (QED) is 0.730. The molecule has 0 aliphatic carbocycles. The van der Waals surface area contributed by atoms with Crippen LogP contribution in [-0.4, -0.2) is 52.1 Å². The lowest BCUT2D eigenvalue weighted by atomic mass is 10.2. The molecule has 0 aromatic carbocycles. The van der Waals surface area contributed by atoms with E-state index in [1.807, 2.05) is 7.05 Å². The van der Waals surface area contributed by atoms with Gasteiger partial charge in [-0.05, 0) is 7.05 Å². The van der Waals surface area contributed by atoms with Crippen molar-refractivity contribution in [1.29, 1.82) is 0 Å². The van der Waals surface area contributed by atoms with Crippen molar-refractivity contribution in [3.8, 4) is 0 Å². The maximum absolute atomic E-state index is 12.5. The van der Waals surface area contributed by atoms with Crippen LogP contribution in [0.4, 0.5) is 4.79 Å². The minimum absolute atomic E-state index is 0.0237. The molecule has 0 spiro atoms. The van der Waals surface area contributed by atoms with Gasteiger partial charge in [-0.2, -0.15) is 0 Å². The highest BCUT2D eigenvalue weighted by Gasteiger charge is 2.24. The summed E-state index contributed by atoms with van der Waals surface area (Å²) in [5.41, 5.74) is 0.961. The second kappa shape index (κ2) is 6.97. The average molecular weight is 351 g/mol. The summed E-state index contributed by atoms with van der Waals surface area (Å²) in [7, 11) is 2.03. The minimum Gasteiger partial charge on any atom is -0.465 e. The number of thiazole rings is 1. The molecule has 1 atom stereocenters. The predicted octanol–water partition coefficient (Wildman–Crippen LogP) is 0.858. The molecule has 1 aliphatic heterocycles. The third kappa shape index (κ3) is 3.71. The molecule has 0 saturated heterocycles. The Morgan fingerprint density at radius 3 is 3.08 bits per heavy atom. The fourth-order valence-electron chi connectivity index (χ4n) is 2.45. The van der Waals surface area contributed by atoms with Gasteiger partial charge < -0.3 is 25.1 Å². The van der Waals surface area contributed by atoms with Crippen LogP contribution in [0.3, 0.4) is 0 Å². The fraction of sp³-hybridized carbons (Fsp3) is 0.429. The van der Waals surface area contributed by atoms with Crippen molar-refractivity contribution in [3.05, 3.63) is 33.9 Å². The number of hydrogen-bond acceptors (Lipinski definition) is 7. The van der Waals surface area contributed by atoms with Gasteiger partial charge >= 0.3 is 6.09 Å². The van der Waals surface area contributed by atoms with Crippen LogP contribution in [0.5, 0.6) is 0 Å². The van der Waals surface area contributed by atoms with E-state index in [2.05, 4.69) is 25.5 Å². The van der Waals surface area contributed by atoms with Crippen molar-refractivity contribution >= 4 is 23.3 Å². The van der Waals surface area contributed by atoms with Crippen LogP contribution in [0.15, 0.2) is 17.0 Å². The van der Waals surface area contributed by atoms with E-state index in [0.717, 1.165) is 30.1 Å².